The lowest BCUT2D eigenvalue weighted by Gasteiger charge is -2.42. The third-order valence-electron chi connectivity index (χ3n) is 10.8. The quantitative estimate of drug-likeness (QED) is 0.164. The number of hydrogen-bond acceptors (Lipinski definition) is 13. The van der Waals surface area contributed by atoms with Crippen molar-refractivity contribution in [2.24, 2.45) is 0 Å². The standard InChI is InChI=1S/C22H25ClFN3O5S.C19H21ClFN3O4S/c1-31-22(28)15-2-3-16(25-11-15)12-27(17-4-5-21(24)20(23)10-17)33(29,30)19-6-8-26(9-7-19)18-13-32-14-18;1-28-19(25)13-2-3-14(23-11-13)12-24(15-4-5-18(21)17(20)10-15)29(26,27)16-6-8-22-9-7-16/h2-5,10-11,18-19H,6-9,12-14H2,1H3;2-5,10-11,16,22H,6-9,12H2,1H3. The predicted octanol–water partition coefficient (Wildman–Crippen LogP) is 5.61. The van der Waals surface area contributed by atoms with Gasteiger partial charge in [0.25, 0.3) is 0 Å². The number of ether oxygens (including phenoxy) is 3. The van der Waals surface area contributed by atoms with E-state index >= 15 is 0 Å². The van der Waals surface area contributed by atoms with Gasteiger partial charge in [0.15, 0.2) is 0 Å². The molecule has 0 saturated carbocycles. The number of halogens is 4. The Hall–Kier alpha value is -4.50. The summed E-state index contributed by atoms with van der Waals surface area (Å²) < 4.78 is 98.6. The van der Waals surface area contributed by atoms with E-state index in [1.807, 2.05) is 0 Å². The number of sulfonamides is 2. The van der Waals surface area contributed by atoms with E-state index in [1.165, 1.54) is 71.6 Å². The molecule has 0 amide bonds. The number of hydrogen-bond donors (Lipinski definition) is 1. The van der Waals surface area contributed by atoms with Crippen molar-refractivity contribution in [2.45, 2.75) is 55.3 Å². The molecule has 0 aliphatic carbocycles. The lowest BCUT2D eigenvalue weighted by Crippen LogP contribution is -2.54. The highest BCUT2D eigenvalue weighted by atomic mass is 35.5. The van der Waals surface area contributed by atoms with Crippen molar-refractivity contribution in [3.05, 3.63) is 117 Å². The van der Waals surface area contributed by atoms with Crippen LogP contribution >= 0.6 is 23.2 Å². The smallest absolute Gasteiger partial charge is 0.339 e. The van der Waals surface area contributed by atoms with Gasteiger partial charge in [0.1, 0.15) is 11.6 Å². The number of pyridine rings is 2. The molecule has 0 unspecified atom stereocenters. The molecule has 62 heavy (non-hydrogen) atoms. The number of rotatable bonds is 13. The van der Waals surface area contributed by atoms with Gasteiger partial charge in [0.05, 0.1) is 101 Å². The Morgan fingerprint density at radius 3 is 1.52 bits per heavy atom. The zero-order chi connectivity index (χ0) is 44.6. The van der Waals surface area contributed by atoms with Crippen LogP contribution in [0.3, 0.4) is 0 Å². The topological polar surface area (TPSA) is 178 Å². The van der Waals surface area contributed by atoms with Gasteiger partial charge in [-0.3, -0.25) is 23.5 Å². The average molecular weight is 940 g/mol. The molecule has 5 heterocycles. The van der Waals surface area contributed by atoms with Gasteiger partial charge in [-0.25, -0.2) is 35.2 Å². The second-order valence-electron chi connectivity index (χ2n) is 14.7. The third-order valence-corrected chi connectivity index (χ3v) is 16.0. The van der Waals surface area contributed by atoms with Crippen LogP contribution < -0.4 is 13.9 Å². The Labute approximate surface area is 369 Å². The maximum atomic E-state index is 13.8. The molecule has 3 saturated heterocycles. The van der Waals surface area contributed by atoms with Gasteiger partial charge in [-0.2, -0.15) is 0 Å². The molecule has 0 spiro atoms. The summed E-state index contributed by atoms with van der Waals surface area (Å²) in [4.78, 5) is 33.9. The molecule has 15 nitrogen and oxygen atoms in total. The molecular weight excluding hydrogens is 894 g/mol. The Balaban J connectivity index is 0.000000209. The predicted molar refractivity (Wildman–Crippen MR) is 229 cm³/mol. The maximum Gasteiger partial charge on any atom is 0.339 e. The van der Waals surface area contributed by atoms with Crippen molar-refractivity contribution in [1.29, 1.82) is 0 Å². The van der Waals surface area contributed by atoms with Crippen LogP contribution in [0.5, 0.6) is 0 Å². The van der Waals surface area contributed by atoms with E-state index in [2.05, 4.69) is 29.7 Å². The van der Waals surface area contributed by atoms with Crippen LogP contribution in [-0.4, -0.2) is 114 Å². The average Bonchev–Trinajstić information content (AvgIpc) is 3.26. The van der Waals surface area contributed by atoms with Crippen LogP contribution in [0.25, 0.3) is 0 Å². The largest absolute Gasteiger partial charge is 0.465 e. The molecule has 2 aromatic carbocycles. The van der Waals surface area contributed by atoms with Crippen LogP contribution in [0.15, 0.2) is 73.1 Å². The van der Waals surface area contributed by atoms with Crippen molar-refractivity contribution in [2.75, 3.05) is 62.2 Å². The molecular formula is C41H46Cl2F2N6O9S2. The summed E-state index contributed by atoms with van der Waals surface area (Å²) in [5.41, 5.74) is 1.89. The molecule has 0 atom stereocenters. The highest BCUT2D eigenvalue weighted by Gasteiger charge is 2.38. The summed E-state index contributed by atoms with van der Waals surface area (Å²) in [6.45, 7) is 3.76. The lowest BCUT2D eigenvalue weighted by molar-refractivity contribution is -0.0695. The number of carbonyl (C=O) groups excluding carboxylic acids is 2. The molecule has 2 aromatic heterocycles. The van der Waals surface area contributed by atoms with Gasteiger partial charge < -0.3 is 19.5 Å². The van der Waals surface area contributed by atoms with Crippen LogP contribution in [0.1, 0.15) is 57.8 Å². The second-order valence-corrected chi connectivity index (χ2v) is 19.8. The van der Waals surface area contributed by atoms with Crippen LogP contribution in [0.2, 0.25) is 10.0 Å². The monoisotopic (exact) mass is 938 g/mol. The van der Waals surface area contributed by atoms with Gasteiger partial charge in [-0.15, -0.1) is 0 Å². The first-order valence-electron chi connectivity index (χ1n) is 19.6. The fraction of sp³-hybridized carbons (Fsp3) is 0.415. The number of anilines is 2. The molecule has 3 aliphatic heterocycles. The van der Waals surface area contributed by atoms with Crippen molar-refractivity contribution >= 4 is 66.6 Å². The molecule has 3 aliphatic rings. The van der Waals surface area contributed by atoms with E-state index in [0.717, 1.165) is 12.1 Å². The molecule has 3 fully saturated rings. The highest BCUT2D eigenvalue weighted by Crippen LogP contribution is 2.32. The van der Waals surface area contributed by atoms with Crippen molar-refractivity contribution in [3.63, 3.8) is 0 Å². The molecule has 0 radical (unpaired) electrons. The zero-order valence-corrected chi connectivity index (χ0v) is 37.0. The Bertz CT molecular complexity index is 2420. The second kappa shape index (κ2) is 20.8. The van der Waals surface area contributed by atoms with Gasteiger partial charge in [-0.1, -0.05) is 23.2 Å². The molecule has 4 aromatic rings. The Morgan fingerprint density at radius 1 is 0.726 bits per heavy atom. The summed E-state index contributed by atoms with van der Waals surface area (Å²) in [6, 6.07) is 14.2. The first-order chi connectivity index (χ1) is 29.6. The summed E-state index contributed by atoms with van der Waals surface area (Å²) in [7, 11) is -5.03. The molecule has 21 heteroatoms. The van der Waals surface area contributed by atoms with Crippen molar-refractivity contribution < 1.29 is 49.4 Å². The minimum absolute atomic E-state index is 0.0737. The van der Waals surface area contributed by atoms with E-state index in [9.17, 15) is 35.2 Å². The number of nitrogens with one attached hydrogen (secondary N) is 1. The van der Waals surface area contributed by atoms with E-state index in [0.29, 0.717) is 82.5 Å². The fourth-order valence-corrected chi connectivity index (χ4v) is 11.3. The summed E-state index contributed by atoms with van der Waals surface area (Å²) in [6.07, 6.45) is 4.58. The van der Waals surface area contributed by atoms with Crippen molar-refractivity contribution in [3.8, 4) is 0 Å². The molecule has 0 bridgehead atoms. The first-order valence-corrected chi connectivity index (χ1v) is 23.4. The highest BCUT2D eigenvalue weighted by molar-refractivity contribution is 7.93. The Kier molecular flexibility index (Phi) is 15.8. The van der Waals surface area contributed by atoms with E-state index in [1.54, 1.807) is 12.1 Å². The van der Waals surface area contributed by atoms with Gasteiger partial charge in [0.2, 0.25) is 20.0 Å². The molecule has 7 rings (SSSR count). The van der Waals surface area contributed by atoms with E-state index in [4.69, 9.17) is 27.9 Å². The number of likely N-dealkylation sites (tertiary alicyclic amines) is 1. The number of nitrogens with zero attached hydrogens (tertiary/aromatic N) is 5. The minimum atomic E-state index is -3.81. The van der Waals surface area contributed by atoms with E-state index < -0.39 is 54.1 Å². The van der Waals surface area contributed by atoms with Gasteiger partial charge in [-0.05, 0) is 113 Å². The first kappa shape index (κ1) is 47.0. The number of esters is 2. The zero-order valence-electron chi connectivity index (χ0n) is 33.9. The number of aromatic nitrogens is 2. The normalized spacial score (nSPS) is 16.7. The maximum absolute atomic E-state index is 13.8. The van der Waals surface area contributed by atoms with Gasteiger partial charge in [0, 0.05) is 12.4 Å². The minimum Gasteiger partial charge on any atom is -0.465 e. The Morgan fingerprint density at radius 2 is 1.16 bits per heavy atom. The summed E-state index contributed by atoms with van der Waals surface area (Å²) in [5, 5.41) is 1.66. The number of carbonyl (C=O) groups is 2. The van der Waals surface area contributed by atoms with Gasteiger partial charge >= 0.3 is 11.9 Å². The molecule has 1 N–H and O–H groups in total. The number of piperidine rings is 2. The summed E-state index contributed by atoms with van der Waals surface area (Å²) in [5.74, 6) is -2.33. The van der Waals surface area contributed by atoms with Crippen LogP contribution in [0, 0.1) is 11.6 Å². The SMILES string of the molecule is COC(=O)c1ccc(CN(c2ccc(F)c(Cl)c2)S(=O)(=O)C2CCN(C3COC3)CC2)nc1.COC(=O)c1ccc(CN(c2ccc(F)c(Cl)c2)S(=O)(=O)C2CCNCC2)nc1. The van der Waals surface area contributed by atoms with Crippen LogP contribution in [-0.2, 0) is 47.3 Å². The van der Waals surface area contributed by atoms with Crippen LogP contribution in [0.4, 0.5) is 20.2 Å². The van der Waals surface area contributed by atoms with Crippen molar-refractivity contribution in [1.82, 2.24) is 20.2 Å². The summed E-state index contributed by atoms with van der Waals surface area (Å²) >= 11 is 11.9. The lowest BCUT2D eigenvalue weighted by atomic mass is 10.1. The van der Waals surface area contributed by atoms with E-state index in [-0.39, 0.29) is 45.6 Å². The number of methoxy groups -OCH3 is 2. The number of benzene rings is 2. The fourth-order valence-electron chi connectivity index (χ4n) is 7.17. The molecule has 334 valence electrons. The third kappa shape index (κ3) is 11.2.